The monoisotopic (exact) mass is 334 g/mol. The van der Waals surface area contributed by atoms with Gasteiger partial charge in [-0.2, -0.15) is 0 Å². The zero-order valence-electron chi connectivity index (χ0n) is 8.95. The SMILES string of the molecule is Cc1ccc(C)c(Br)c1Cl.F[B-](F)(F)F.N#[NH+]. The number of benzene rings is 1. The molecular weight excluding hydrogens is 326 g/mol. The van der Waals surface area contributed by atoms with Crippen molar-refractivity contribution in [2.45, 2.75) is 13.8 Å². The fourth-order valence-corrected chi connectivity index (χ4v) is 1.40. The Morgan fingerprint density at radius 3 is 1.71 bits per heavy atom. The first-order chi connectivity index (χ1) is 7.63. The molecule has 0 aliphatic heterocycles. The van der Waals surface area contributed by atoms with Crippen molar-refractivity contribution >= 4 is 34.8 Å². The summed E-state index contributed by atoms with van der Waals surface area (Å²) in [4.78, 5) is 0. The van der Waals surface area contributed by atoms with Gasteiger partial charge in [-0.05, 0) is 40.9 Å². The van der Waals surface area contributed by atoms with Gasteiger partial charge in [-0.25, -0.2) is 0 Å². The zero-order valence-corrected chi connectivity index (χ0v) is 11.3. The third-order valence-corrected chi connectivity index (χ3v) is 3.21. The average molecular weight is 335 g/mol. The van der Waals surface area contributed by atoms with Crippen LogP contribution in [0.25, 0.3) is 0 Å². The van der Waals surface area contributed by atoms with Gasteiger partial charge in [0.1, 0.15) is 0 Å². The van der Waals surface area contributed by atoms with Crippen LogP contribution in [0.3, 0.4) is 0 Å². The summed E-state index contributed by atoms with van der Waals surface area (Å²) in [5.74, 6) is 0. The molecule has 1 rings (SSSR count). The van der Waals surface area contributed by atoms with Crippen molar-refractivity contribution in [2.24, 2.45) is 0 Å². The van der Waals surface area contributed by atoms with E-state index in [0.717, 1.165) is 15.1 Å². The van der Waals surface area contributed by atoms with Crippen molar-refractivity contribution in [3.63, 3.8) is 0 Å². The first-order valence-electron chi connectivity index (χ1n) is 4.14. The number of nitrogens with one attached hydrogen (secondary N) is 1. The van der Waals surface area contributed by atoms with Crippen LogP contribution < -0.4 is 5.39 Å². The summed E-state index contributed by atoms with van der Waals surface area (Å²) in [5, 5.41) is 11.8. The maximum atomic E-state index is 9.75. The van der Waals surface area contributed by atoms with E-state index in [9.17, 15) is 17.3 Å². The number of halogens is 6. The predicted octanol–water partition coefficient (Wildman–Crippen LogP) is 3.30. The van der Waals surface area contributed by atoms with Crippen LogP contribution in [0.1, 0.15) is 11.1 Å². The largest absolute Gasteiger partial charge is 0.673 e. The summed E-state index contributed by atoms with van der Waals surface area (Å²) in [6.45, 7) is 4.02. The van der Waals surface area contributed by atoms with Crippen LogP contribution in [0.15, 0.2) is 16.6 Å². The van der Waals surface area contributed by atoms with Crippen LogP contribution in [0.4, 0.5) is 17.3 Å². The molecule has 0 radical (unpaired) electrons. The lowest BCUT2D eigenvalue weighted by Gasteiger charge is -2.02. The lowest BCUT2D eigenvalue weighted by Crippen LogP contribution is -2.11. The smallest absolute Gasteiger partial charge is 0.418 e. The summed E-state index contributed by atoms with van der Waals surface area (Å²) < 4.78 is 40.0. The molecule has 9 heteroatoms. The van der Waals surface area contributed by atoms with Gasteiger partial charge in [-0.15, -0.1) is 0 Å². The minimum Gasteiger partial charge on any atom is -0.418 e. The molecule has 0 bridgehead atoms. The number of aryl methyl sites for hydroxylation is 2. The summed E-state index contributed by atoms with van der Waals surface area (Å²) in [6.07, 6.45) is 0. The van der Waals surface area contributed by atoms with Gasteiger partial charge in [0.25, 0.3) is 0 Å². The maximum Gasteiger partial charge on any atom is 0.673 e. The highest BCUT2D eigenvalue weighted by Gasteiger charge is 2.20. The van der Waals surface area contributed by atoms with Gasteiger partial charge in [0.05, 0.1) is 10.4 Å². The van der Waals surface area contributed by atoms with E-state index in [1.165, 1.54) is 5.56 Å². The van der Waals surface area contributed by atoms with E-state index in [2.05, 4.69) is 15.9 Å². The Morgan fingerprint density at radius 2 is 1.41 bits per heavy atom. The van der Waals surface area contributed by atoms with Crippen molar-refractivity contribution in [3.05, 3.63) is 32.8 Å². The number of rotatable bonds is 0. The summed E-state index contributed by atoms with van der Waals surface area (Å²) in [7, 11) is -6.00. The second-order valence-corrected chi connectivity index (χ2v) is 3.99. The van der Waals surface area contributed by atoms with Crippen molar-refractivity contribution in [3.8, 4) is 0 Å². The molecule has 0 amide bonds. The highest BCUT2D eigenvalue weighted by atomic mass is 79.9. The molecular formula is C8H9BBrClF4N2. The molecule has 1 aromatic carbocycles. The van der Waals surface area contributed by atoms with E-state index >= 15 is 0 Å². The number of nitrogens with zero attached hydrogens (tertiary/aromatic N) is 1. The third kappa shape index (κ3) is 10.1. The Morgan fingerprint density at radius 1 is 1.12 bits per heavy atom. The number of hydrogen-bond acceptors (Lipinski definition) is 1. The highest BCUT2D eigenvalue weighted by Crippen LogP contribution is 2.28. The molecule has 96 valence electrons. The van der Waals surface area contributed by atoms with Crippen LogP contribution in [-0.4, -0.2) is 7.25 Å². The molecule has 0 aliphatic rings. The molecule has 0 aromatic heterocycles. The molecule has 0 spiro atoms. The number of diazo groups is 1. The van der Waals surface area contributed by atoms with Crippen molar-refractivity contribution in [1.29, 1.82) is 5.39 Å². The fraction of sp³-hybridized carbons (Fsp3) is 0.250. The molecule has 0 saturated carbocycles. The number of hydrogen-bond donors (Lipinski definition) is 1. The van der Waals surface area contributed by atoms with Crippen molar-refractivity contribution in [1.82, 2.24) is 0 Å². The Hall–Kier alpha value is -0.805. The molecule has 0 unspecified atom stereocenters. The normalized spacial score (nSPS) is 9.53. The first-order valence-corrected chi connectivity index (χ1v) is 5.31. The molecule has 17 heavy (non-hydrogen) atoms. The van der Waals surface area contributed by atoms with Gasteiger partial charge < -0.3 is 17.3 Å². The van der Waals surface area contributed by atoms with Gasteiger partial charge >= 0.3 is 7.25 Å². The summed E-state index contributed by atoms with van der Waals surface area (Å²) >= 11 is 9.33. The minimum atomic E-state index is -6.00. The minimum absolute atomic E-state index is 0.819. The van der Waals surface area contributed by atoms with Gasteiger partial charge in [-0.3, -0.25) is 0 Å². The van der Waals surface area contributed by atoms with Gasteiger partial charge in [0.15, 0.2) is 0 Å². The molecule has 0 aliphatic carbocycles. The van der Waals surface area contributed by atoms with Gasteiger partial charge in [0.2, 0.25) is 5.39 Å². The van der Waals surface area contributed by atoms with E-state index < -0.39 is 7.25 Å². The molecule has 0 saturated heterocycles. The second-order valence-electron chi connectivity index (χ2n) is 2.82. The van der Waals surface area contributed by atoms with Crippen molar-refractivity contribution in [2.75, 3.05) is 0 Å². The third-order valence-electron chi connectivity index (χ3n) is 1.47. The van der Waals surface area contributed by atoms with E-state index in [4.69, 9.17) is 22.4 Å². The molecule has 0 fully saturated rings. The predicted molar refractivity (Wildman–Crippen MR) is 61.5 cm³/mol. The summed E-state index contributed by atoms with van der Waals surface area (Å²) in [6, 6.07) is 4.06. The second kappa shape index (κ2) is 8.31. The standard InChI is InChI=1S/C8H8BrCl.BF4.N2/c1-5-3-4-6(2)8(10)7(5)9;2-1(3,4)5;1-2/h3-4H,1-2H3;;/q;-1;/p+1. The van der Waals surface area contributed by atoms with E-state index in [1.807, 2.05) is 26.0 Å². The van der Waals surface area contributed by atoms with Crippen LogP contribution in [0.2, 0.25) is 5.02 Å². The van der Waals surface area contributed by atoms with Gasteiger partial charge in [-0.1, -0.05) is 23.7 Å². The Labute approximate surface area is 110 Å². The van der Waals surface area contributed by atoms with E-state index in [0.29, 0.717) is 0 Å². The van der Waals surface area contributed by atoms with Crippen LogP contribution in [0.5, 0.6) is 0 Å². The first kappa shape index (κ1) is 18.6. The Balaban J connectivity index is 0. The lowest BCUT2D eigenvalue weighted by molar-refractivity contribution is -0.175. The molecule has 0 heterocycles. The van der Waals surface area contributed by atoms with Crippen LogP contribution in [-0.2, 0) is 0 Å². The highest BCUT2D eigenvalue weighted by molar-refractivity contribution is 9.10. The van der Waals surface area contributed by atoms with Crippen molar-refractivity contribution < 1.29 is 22.7 Å². The van der Waals surface area contributed by atoms with Gasteiger partial charge in [0, 0.05) is 4.47 Å². The zero-order chi connectivity index (χ0) is 14.2. The molecule has 1 N–H and O–H groups in total. The molecule has 0 atom stereocenters. The Kier molecular flexibility index (Phi) is 9.07. The topological polar surface area (TPSA) is 47.6 Å². The fourth-order valence-electron chi connectivity index (χ4n) is 0.743. The lowest BCUT2D eigenvalue weighted by atomic mass is 10.2. The van der Waals surface area contributed by atoms with Crippen LogP contribution >= 0.6 is 27.5 Å². The summed E-state index contributed by atoms with van der Waals surface area (Å²) in [5.41, 5.74) is 2.29. The Bertz CT molecular complexity index is 351. The van der Waals surface area contributed by atoms with Crippen LogP contribution in [0, 0.1) is 19.2 Å². The maximum absolute atomic E-state index is 9.75. The molecule has 1 aromatic rings. The van der Waals surface area contributed by atoms with E-state index in [-0.39, 0.29) is 0 Å². The van der Waals surface area contributed by atoms with E-state index in [1.54, 1.807) is 0 Å². The average Bonchev–Trinajstić information content (AvgIpc) is 2.21. The quantitative estimate of drug-likeness (QED) is 0.441. The molecule has 2 nitrogen and oxygen atoms in total.